The lowest BCUT2D eigenvalue weighted by Crippen LogP contribution is -2.13. The van der Waals surface area contributed by atoms with E-state index in [2.05, 4.69) is 20.7 Å². The third-order valence-corrected chi connectivity index (χ3v) is 2.80. The molecule has 0 radical (unpaired) electrons. The number of carboxylic acids is 1. The average Bonchev–Trinajstić information content (AvgIpc) is 2.86. The molecule has 0 bridgehead atoms. The summed E-state index contributed by atoms with van der Waals surface area (Å²) in [5.74, 6) is -1.48. The Bertz CT molecular complexity index is 635. The van der Waals surface area contributed by atoms with Crippen molar-refractivity contribution >= 4 is 17.6 Å². The van der Waals surface area contributed by atoms with Crippen LogP contribution in [0.25, 0.3) is 0 Å². The summed E-state index contributed by atoms with van der Waals surface area (Å²) in [6.07, 6.45) is 1.29. The lowest BCUT2D eigenvalue weighted by atomic mass is 10.0. The minimum Gasteiger partial charge on any atom is -0.478 e. The molecule has 0 saturated heterocycles. The summed E-state index contributed by atoms with van der Waals surface area (Å²) in [5.41, 5.74) is 2.17. The predicted octanol–water partition coefficient (Wildman–Crippen LogP) is 1.37. The molecule has 0 saturated carbocycles. The van der Waals surface area contributed by atoms with Crippen LogP contribution in [0.1, 0.15) is 32.0 Å². The number of nitrogens with one attached hydrogen (secondary N) is 2. The van der Waals surface area contributed by atoms with E-state index in [1.54, 1.807) is 19.9 Å². The van der Waals surface area contributed by atoms with Gasteiger partial charge in [-0.05, 0) is 37.1 Å². The Hall–Kier alpha value is -2.70. The van der Waals surface area contributed by atoms with Crippen LogP contribution in [0.2, 0.25) is 0 Å². The molecule has 0 unspecified atom stereocenters. The highest BCUT2D eigenvalue weighted by atomic mass is 16.4. The topological polar surface area (TPSA) is 108 Å². The number of aromatic nitrogens is 3. The van der Waals surface area contributed by atoms with Gasteiger partial charge in [-0.1, -0.05) is 0 Å². The van der Waals surface area contributed by atoms with Crippen molar-refractivity contribution in [1.29, 1.82) is 0 Å². The van der Waals surface area contributed by atoms with Crippen molar-refractivity contribution in [3.05, 3.63) is 40.7 Å². The number of rotatable bonds is 3. The van der Waals surface area contributed by atoms with Gasteiger partial charge in [-0.3, -0.25) is 4.79 Å². The molecule has 0 atom stereocenters. The van der Waals surface area contributed by atoms with Crippen LogP contribution in [0.3, 0.4) is 0 Å². The van der Waals surface area contributed by atoms with Crippen LogP contribution in [-0.2, 0) is 0 Å². The number of hydrogen-bond acceptors (Lipinski definition) is 4. The third-order valence-electron chi connectivity index (χ3n) is 2.80. The van der Waals surface area contributed by atoms with Gasteiger partial charge in [0.2, 0.25) is 0 Å². The summed E-state index contributed by atoms with van der Waals surface area (Å²) < 4.78 is 0. The summed E-state index contributed by atoms with van der Waals surface area (Å²) in [6.45, 7) is 3.51. The number of nitrogens with zero attached hydrogens (tertiary/aromatic N) is 2. The van der Waals surface area contributed by atoms with Gasteiger partial charge in [-0.15, -0.1) is 0 Å². The molecule has 0 aliphatic heterocycles. The van der Waals surface area contributed by atoms with Crippen LogP contribution in [0.15, 0.2) is 18.3 Å². The third kappa shape index (κ3) is 2.59. The smallest absolute Gasteiger partial charge is 0.336 e. The number of carbonyl (C=O) groups excluding carboxylic acids is 1. The monoisotopic (exact) mass is 260 g/mol. The van der Waals surface area contributed by atoms with Gasteiger partial charge in [-0.25, -0.2) is 4.79 Å². The first-order valence-electron chi connectivity index (χ1n) is 5.50. The molecule has 7 heteroatoms. The molecule has 98 valence electrons. The van der Waals surface area contributed by atoms with Crippen molar-refractivity contribution < 1.29 is 14.7 Å². The van der Waals surface area contributed by atoms with E-state index < -0.39 is 11.9 Å². The molecule has 0 aliphatic rings. The van der Waals surface area contributed by atoms with E-state index in [0.29, 0.717) is 11.3 Å². The zero-order valence-corrected chi connectivity index (χ0v) is 10.4. The summed E-state index contributed by atoms with van der Waals surface area (Å²) in [5, 5.41) is 21.2. The Kier molecular flexibility index (Phi) is 3.28. The van der Waals surface area contributed by atoms with Gasteiger partial charge in [0, 0.05) is 5.69 Å². The molecular formula is C12H12N4O3. The van der Waals surface area contributed by atoms with Gasteiger partial charge in [0.15, 0.2) is 5.69 Å². The predicted molar refractivity (Wildman–Crippen MR) is 67.2 cm³/mol. The van der Waals surface area contributed by atoms with Crippen LogP contribution >= 0.6 is 0 Å². The van der Waals surface area contributed by atoms with Crippen LogP contribution < -0.4 is 5.32 Å². The number of anilines is 1. The summed E-state index contributed by atoms with van der Waals surface area (Å²) in [7, 11) is 0. The number of carbonyl (C=O) groups is 2. The molecule has 7 nitrogen and oxygen atoms in total. The van der Waals surface area contributed by atoms with E-state index in [4.69, 9.17) is 5.11 Å². The van der Waals surface area contributed by atoms with Crippen molar-refractivity contribution in [2.75, 3.05) is 5.32 Å². The number of carboxylic acid groups (broad SMARTS) is 1. The Morgan fingerprint density at radius 2 is 2.05 bits per heavy atom. The fraction of sp³-hybridized carbons (Fsp3) is 0.167. The van der Waals surface area contributed by atoms with Crippen LogP contribution in [0.4, 0.5) is 5.69 Å². The van der Waals surface area contributed by atoms with Crippen molar-refractivity contribution in [2.24, 2.45) is 0 Å². The second-order valence-corrected chi connectivity index (χ2v) is 4.08. The largest absolute Gasteiger partial charge is 0.478 e. The second-order valence-electron chi connectivity index (χ2n) is 4.08. The SMILES string of the molecule is Cc1cc(NC(=O)c2cn[nH]n2)cc(C(=O)O)c1C. The summed E-state index contributed by atoms with van der Waals surface area (Å²) in [4.78, 5) is 22.9. The van der Waals surface area contributed by atoms with E-state index >= 15 is 0 Å². The van der Waals surface area contributed by atoms with Gasteiger partial charge < -0.3 is 10.4 Å². The van der Waals surface area contributed by atoms with E-state index in [9.17, 15) is 9.59 Å². The lowest BCUT2D eigenvalue weighted by Gasteiger charge is -2.09. The molecule has 3 N–H and O–H groups in total. The van der Waals surface area contributed by atoms with Gasteiger partial charge >= 0.3 is 5.97 Å². The molecule has 19 heavy (non-hydrogen) atoms. The van der Waals surface area contributed by atoms with Gasteiger partial charge in [0.05, 0.1) is 11.8 Å². The van der Waals surface area contributed by atoms with Crippen LogP contribution in [0, 0.1) is 13.8 Å². The van der Waals surface area contributed by atoms with Gasteiger partial charge in [-0.2, -0.15) is 15.4 Å². The highest BCUT2D eigenvalue weighted by Crippen LogP contribution is 2.20. The minimum atomic E-state index is -1.03. The Labute approximate surface area is 108 Å². The van der Waals surface area contributed by atoms with Crippen molar-refractivity contribution in [2.45, 2.75) is 13.8 Å². The molecule has 1 aromatic heterocycles. The van der Waals surface area contributed by atoms with Crippen molar-refractivity contribution in [1.82, 2.24) is 15.4 Å². The van der Waals surface area contributed by atoms with E-state index in [1.165, 1.54) is 12.3 Å². The standard InChI is InChI=1S/C12H12N4O3/c1-6-3-8(4-9(7(6)2)12(18)19)14-11(17)10-5-13-16-15-10/h3-5H,1-2H3,(H,14,17)(H,18,19)(H,13,15,16). The molecule has 0 aliphatic carbocycles. The number of H-pyrrole nitrogens is 1. The van der Waals surface area contributed by atoms with Crippen molar-refractivity contribution in [3.63, 3.8) is 0 Å². The second kappa shape index (κ2) is 4.89. The summed E-state index contributed by atoms with van der Waals surface area (Å²) in [6, 6.07) is 3.13. The highest BCUT2D eigenvalue weighted by Gasteiger charge is 2.14. The highest BCUT2D eigenvalue weighted by molar-refractivity contribution is 6.03. The molecule has 1 amide bonds. The zero-order valence-electron chi connectivity index (χ0n) is 10.4. The maximum Gasteiger partial charge on any atom is 0.336 e. The molecule has 1 heterocycles. The Balaban J connectivity index is 2.31. The number of aromatic amines is 1. The fourth-order valence-corrected chi connectivity index (χ4v) is 1.66. The number of hydrogen-bond donors (Lipinski definition) is 3. The zero-order chi connectivity index (χ0) is 14.0. The Morgan fingerprint density at radius 1 is 1.32 bits per heavy atom. The quantitative estimate of drug-likeness (QED) is 0.772. The number of aryl methyl sites for hydroxylation is 1. The first-order chi connectivity index (χ1) is 8.99. The Morgan fingerprint density at radius 3 is 2.63 bits per heavy atom. The molecule has 0 fully saturated rings. The average molecular weight is 260 g/mol. The van der Waals surface area contributed by atoms with E-state index in [-0.39, 0.29) is 11.3 Å². The molecular weight excluding hydrogens is 248 g/mol. The maximum absolute atomic E-state index is 11.8. The molecule has 1 aromatic carbocycles. The van der Waals surface area contributed by atoms with Crippen LogP contribution in [-0.4, -0.2) is 32.4 Å². The van der Waals surface area contributed by atoms with Crippen molar-refractivity contribution in [3.8, 4) is 0 Å². The molecule has 0 spiro atoms. The normalized spacial score (nSPS) is 10.2. The first kappa shape index (κ1) is 12.7. The van der Waals surface area contributed by atoms with Crippen LogP contribution in [0.5, 0.6) is 0 Å². The molecule has 2 rings (SSSR count). The minimum absolute atomic E-state index is 0.134. The fourth-order valence-electron chi connectivity index (χ4n) is 1.66. The first-order valence-corrected chi connectivity index (χ1v) is 5.50. The van der Waals surface area contributed by atoms with E-state index in [0.717, 1.165) is 5.56 Å². The van der Waals surface area contributed by atoms with Gasteiger partial charge in [0.25, 0.3) is 5.91 Å². The van der Waals surface area contributed by atoms with E-state index in [1.807, 2.05) is 0 Å². The van der Waals surface area contributed by atoms with Gasteiger partial charge in [0.1, 0.15) is 0 Å². The number of amides is 1. The summed E-state index contributed by atoms with van der Waals surface area (Å²) >= 11 is 0. The lowest BCUT2D eigenvalue weighted by molar-refractivity contribution is 0.0695. The maximum atomic E-state index is 11.8. The number of aromatic carboxylic acids is 1. The molecule has 2 aromatic rings. The number of benzene rings is 1.